The normalized spacial score (nSPS) is 13.3. The number of amides is 2. The second-order valence-electron chi connectivity index (χ2n) is 8.80. The lowest BCUT2D eigenvalue weighted by Gasteiger charge is -2.35. The Hall–Kier alpha value is -4.69. The van der Waals surface area contributed by atoms with E-state index in [4.69, 9.17) is 10.00 Å². The van der Waals surface area contributed by atoms with E-state index in [0.717, 1.165) is 44.2 Å². The van der Waals surface area contributed by atoms with Crippen molar-refractivity contribution in [2.24, 2.45) is 0 Å². The molecular formula is C27H30N8O3. The van der Waals surface area contributed by atoms with Gasteiger partial charge in [0.2, 0.25) is 0 Å². The van der Waals surface area contributed by atoms with E-state index >= 15 is 0 Å². The number of nitrogens with zero attached hydrogens (tertiary/aromatic N) is 5. The minimum Gasteiger partial charge on any atom is -0.465 e. The molecule has 4 rings (SSSR count). The quantitative estimate of drug-likeness (QED) is 0.384. The van der Waals surface area contributed by atoms with Crippen molar-refractivity contribution in [3.63, 3.8) is 0 Å². The third-order valence-corrected chi connectivity index (χ3v) is 5.88. The predicted molar refractivity (Wildman–Crippen MR) is 146 cm³/mol. The molecule has 2 aromatic carbocycles. The number of rotatable bonds is 8. The molecular weight excluding hydrogens is 484 g/mol. The number of esters is 1. The van der Waals surface area contributed by atoms with Crippen molar-refractivity contribution in [1.82, 2.24) is 14.9 Å². The van der Waals surface area contributed by atoms with Crippen LogP contribution in [0.4, 0.5) is 33.5 Å². The number of nitrogens with one attached hydrogen (secondary N) is 3. The van der Waals surface area contributed by atoms with Crippen LogP contribution in [0.15, 0.2) is 54.6 Å². The number of hydrogen-bond donors (Lipinski definition) is 3. The van der Waals surface area contributed by atoms with E-state index in [1.807, 2.05) is 31.2 Å². The molecule has 11 nitrogen and oxygen atoms in total. The molecule has 0 saturated carbocycles. The molecule has 0 atom stereocenters. The Labute approximate surface area is 221 Å². The molecule has 1 fully saturated rings. The summed E-state index contributed by atoms with van der Waals surface area (Å²) in [5.41, 5.74) is 2.35. The lowest BCUT2D eigenvalue weighted by Crippen LogP contribution is -2.47. The van der Waals surface area contributed by atoms with Gasteiger partial charge in [-0.15, -0.1) is 0 Å². The molecule has 0 aliphatic carbocycles. The molecule has 2 heterocycles. The van der Waals surface area contributed by atoms with Gasteiger partial charge in [-0.2, -0.15) is 5.26 Å². The third kappa shape index (κ3) is 7.65. The summed E-state index contributed by atoms with van der Waals surface area (Å²) < 4.78 is 5.05. The fourth-order valence-electron chi connectivity index (χ4n) is 4.08. The van der Waals surface area contributed by atoms with Gasteiger partial charge in [0, 0.05) is 62.8 Å². The standard InChI is InChI=1S/C27H30N8O3/c1-19-29-25(17-26(30-19)35-11-9-34(10-12-35)13-14-38-20(2)36)31-23-7-4-8-24(16-23)33-27(37)32-22-6-3-5-21(15-22)18-28/h3-8,15-17H,9-14H2,1-2H3,(H,29,30,31)(H2,32,33,37). The van der Waals surface area contributed by atoms with Gasteiger partial charge in [0.1, 0.15) is 24.1 Å². The predicted octanol–water partition coefficient (Wildman–Crippen LogP) is 3.73. The number of aromatic nitrogens is 2. The van der Waals surface area contributed by atoms with Crippen LogP contribution in [0.1, 0.15) is 18.3 Å². The molecule has 1 aliphatic heterocycles. The van der Waals surface area contributed by atoms with E-state index in [1.54, 1.807) is 30.3 Å². The first-order valence-electron chi connectivity index (χ1n) is 12.3. The number of carbonyl (C=O) groups is 2. The van der Waals surface area contributed by atoms with Crippen LogP contribution in [-0.4, -0.2) is 66.2 Å². The van der Waals surface area contributed by atoms with Crippen LogP contribution in [0, 0.1) is 18.3 Å². The van der Waals surface area contributed by atoms with Crippen molar-refractivity contribution in [3.8, 4) is 6.07 Å². The van der Waals surface area contributed by atoms with Gasteiger partial charge in [-0.05, 0) is 43.3 Å². The van der Waals surface area contributed by atoms with Gasteiger partial charge in [-0.25, -0.2) is 14.8 Å². The molecule has 0 bridgehead atoms. The summed E-state index contributed by atoms with van der Waals surface area (Å²) >= 11 is 0. The molecule has 196 valence electrons. The average molecular weight is 515 g/mol. The Kier molecular flexibility index (Phi) is 8.69. The Bertz CT molecular complexity index is 1330. The molecule has 1 aliphatic rings. The van der Waals surface area contributed by atoms with Crippen LogP contribution in [-0.2, 0) is 9.53 Å². The first-order chi connectivity index (χ1) is 18.4. The molecule has 2 amide bonds. The Morgan fingerprint density at radius 1 is 0.974 bits per heavy atom. The summed E-state index contributed by atoms with van der Waals surface area (Å²) in [5.74, 6) is 1.88. The first-order valence-corrected chi connectivity index (χ1v) is 12.3. The molecule has 1 saturated heterocycles. The van der Waals surface area contributed by atoms with Crippen molar-refractivity contribution in [3.05, 3.63) is 66.0 Å². The largest absolute Gasteiger partial charge is 0.465 e. The SMILES string of the molecule is CC(=O)OCCN1CCN(c2cc(Nc3cccc(NC(=O)Nc4cccc(C#N)c4)c3)nc(C)n2)CC1. The fourth-order valence-corrected chi connectivity index (χ4v) is 4.08. The monoisotopic (exact) mass is 514 g/mol. The van der Waals surface area contributed by atoms with Gasteiger partial charge in [-0.3, -0.25) is 9.69 Å². The fraction of sp³-hybridized carbons (Fsp3) is 0.296. The number of ether oxygens (including phenoxy) is 1. The Morgan fingerprint density at radius 3 is 2.37 bits per heavy atom. The third-order valence-electron chi connectivity index (χ3n) is 5.88. The second-order valence-corrected chi connectivity index (χ2v) is 8.80. The minimum absolute atomic E-state index is 0.257. The van der Waals surface area contributed by atoms with E-state index in [0.29, 0.717) is 35.2 Å². The second kappa shape index (κ2) is 12.5. The average Bonchev–Trinajstić information content (AvgIpc) is 2.89. The highest BCUT2D eigenvalue weighted by Crippen LogP contribution is 2.23. The van der Waals surface area contributed by atoms with Crippen molar-refractivity contribution >= 4 is 40.7 Å². The van der Waals surface area contributed by atoms with Gasteiger partial charge < -0.3 is 25.6 Å². The van der Waals surface area contributed by atoms with Crippen LogP contribution in [0.3, 0.4) is 0 Å². The summed E-state index contributed by atoms with van der Waals surface area (Å²) in [6, 6.07) is 17.6. The number of benzene rings is 2. The van der Waals surface area contributed by atoms with Crippen molar-refractivity contribution < 1.29 is 14.3 Å². The van der Waals surface area contributed by atoms with Crippen LogP contribution in [0.5, 0.6) is 0 Å². The zero-order valence-corrected chi connectivity index (χ0v) is 21.4. The molecule has 38 heavy (non-hydrogen) atoms. The van der Waals surface area contributed by atoms with Crippen LogP contribution < -0.4 is 20.9 Å². The summed E-state index contributed by atoms with van der Waals surface area (Å²) in [4.78, 5) is 37.0. The summed E-state index contributed by atoms with van der Waals surface area (Å²) in [6.45, 7) is 7.71. The highest BCUT2D eigenvalue weighted by molar-refractivity contribution is 6.00. The smallest absolute Gasteiger partial charge is 0.323 e. The maximum absolute atomic E-state index is 12.4. The lowest BCUT2D eigenvalue weighted by atomic mass is 10.2. The summed E-state index contributed by atoms with van der Waals surface area (Å²) in [5, 5.41) is 17.9. The lowest BCUT2D eigenvalue weighted by molar-refractivity contribution is -0.141. The number of piperazine rings is 1. The maximum atomic E-state index is 12.4. The minimum atomic E-state index is -0.413. The zero-order valence-electron chi connectivity index (χ0n) is 21.4. The van der Waals surface area contributed by atoms with E-state index in [-0.39, 0.29) is 5.97 Å². The summed E-state index contributed by atoms with van der Waals surface area (Å²) in [7, 11) is 0. The van der Waals surface area contributed by atoms with Crippen LogP contribution in [0.25, 0.3) is 0 Å². The molecule has 3 aromatic rings. The number of carbonyl (C=O) groups excluding carboxylic acids is 2. The van der Waals surface area contributed by atoms with E-state index < -0.39 is 6.03 Å². The Morgan fingerprint density at radius 2 is 1.66 bits per heavy atom. The van der Waals surface area contributed by atoms with Gasteiger partial charge in [-0.1, -0.05) is 12.1 Å². The first kappa shape index (κ1) is 26.4. The molecule has 0 unspecified atom stereocenters. The van der Waals surface area contributed by atoms with Gasteiger partial charge in [0.05, 0.1) is 11.6 Å². The number of hydrogen-bond acceptors (Lipinski definition) is 9. The highest BCUT2D eigenvalue weighted by atomic mass is 16.5. The molecule has 1 aromatic heterocycles. The topological polar surface area (TPSA) is 136 Å². The van der Waals surface area contributed by atoms with Crippen molar-refractivity contribution in [2.45, 2.75) is 13.8 Å². The van der Waals surface area contributed by atoms with Crippen molar-refractivity contribution in [2.75, 3.05) is 60.2 Å². The van der Waals surface area contributed by atoms with Crippen LogP contribution in [0.2, 0.25) is 0 Å². The number of nitriles is 1. The van der Waals surface area contributed by atoms with Gasteiger partial charge in [0.15, 0.2) is 0 Å². The zero-order chi connectivity index (χ0) is 26.9. The van der Waals surface area contributed by atoms with E-state index in [2.05, 4.69) is 41.8 Å². The Balaban J connectivity index is 1.35. The van der Waals surface area contributed by atoms with E-state index in [1.165, 1.54) is 6.92 Å². The number of anilines is 5. The van der Waals surface area contributed by atoms with E-state index in [9.17, 15) is 9.59 Å². The van der Waals surface area contributed by atoms with Crippen molar-refractivity contribution in [1.29, 1.82) is 5.26 Å². The summed E-state index contributed by atoms with van der Waals surface area (Å²) in [6.07, 6.45) is 0. The number of aryl methyl sites for hydroxylation is 1. The molecule has 3 N–H and O–H groups in total. The maximum Gasteiger partial charge on any atom is 0.323 e. The van der Waals surface area contributed by atoms with Gasteiger partial charge >= 0.3 is 12.0 Å². The number of urea groups is 1. The molecule has 0 radical (unpaired) electrons. The van der Waals surface area contributed by atoms with Gasteiger partial charge in [0.25, 0.3) is 0 Å². The molecule has 11 heteroatoms. The highest BCUT2D eigenvalue weighted by Gasteiger charge is 2.19. The molecule has 0 spiro atoms. The van der Waals surface area contributed by atoms with Crippen LogP contribution >= 0.6 is 0 Å².